The SMILES string of the molecule is CC(Br)C(=O)NCC1CCN(CC(F)(F)F)C1. The van der Waals surface area contributed by atoms with E-state index < -0.39 is 12.7 Å². The summed E-state index contributed by atoms with van der Waals surface area (Å²) in [7, 11) is 0. The largest absolute Gasteiger partial charge is 0.401 e. The Bertz CT molecular complexity index is 271. The number of alkyl halides is 4. The lowest BCUT2D eigenvalue weighted by atomic mass is 10.1. The molecule has 7 heteroatoms. The number of halogens is 4. The van der Waals surface area contributed by atoms with E-state index in [2.05, 4.69) is 21.2 Å². The molecule has 0 spiro atoms. The third-order valence-corrected chi connectivity index (χ3v) is 3.11. The summed E-state index contributed by atoms with van der Waals surface area (Å²) >= 11 is 3.13. The Morgan fingerprint density at radius 1 is 1.59 bits per heavy atom. The van der Waals surface area contributed by atoms with Crippen molar-refractivity contribution in [3.63, 3.8) is 0 Å². The van der Waals surface area contributed by atoms with E-state index in [1.54, 1.807) is 6.92 Å². The van der Waals surface area contributed by atoms with E-state index in [0.29, 0.717) is 26.1 Å². The van der Waals surface area contributed by atoms with Crippen LogP contribution < -0.4 is 5.32 Å². The lowest BCUT2D eigenvalue weighted by molar-refractivity contribution is -0.143. The van der Waals surface area contributed by atoms with E-state index >= 15 is 0 Å². The number of likely N-dealkylation sites (tertiary alicyclic amines) is 1. The molecule has 2 atom stereocenters. The van der Waals surface area contributed by atoms with Gasteiger partial charge in [0.25, 0.3) is 0 Å². The summed E-state index contributed by atoms with van der Waals surface area (Å²) in [5, 5.41) is 2.71. The molecule has 0 saturated carbocycles. The summed E-state index contributed by atoms with van der Waals surface area (Å²) in [5.74, 6) is -0.00757. The molecule has 0 aromatic heterocycles. The summed E-state index contributed by atoms with van der Waals surface area (Å²) in [6.45, 7) is 2.15. The van der Waals surface area contributed by atoms with Gasteiger partial charge in [-0.3, -0.25) is 9.69 Å². The minimum absolute atomic E-state index is 0.118. The van der Waals surface area contributed by atoms with Crippen LogP contribution in [0.25, 0.3) is 0 Å². The molecule has 1 saturated heterocycles. The van der Waals surface area contributed by atoms with Crippen molar-refractivity contribution in [2.24, 2.45) is 5.92 Å². The molecular weight excluding hydrogens is 301 g/mol. The molecule has 0 radical (unpaired) electrons. The average molecular weight is 317 g/mol. The molecule has 3 nitrogen and oxygen atoms in total. The molecular formula is C10H16BrF3N2O. The second-order valence-corrected chi connectivity index (χ2v) is 5.74. The van der Waals surface area contributed by atoms with Crippen LogP contribution in [0.3, 0.4) is 0 Å². The monoisotopic (exact) mass is 316 g/mol. The second kappa shape index (κ2) is 6.04. The van der Waals surface area contributed by atoms with Gasteiger partial charge in [0.15, 0.2) is 0 Å². The van der Waals surface area contributed by atoms with Crippen LogP contribution in [0.1, 0.15) is 13.3 Å². The first-order valence-electron chi connectivity index (χ1n) is 5.49. The zero-order valence-corrected chi connectivity index (χ0v) is 11.1. The Kier molecular flexibility index (Phi) is 5.24. The molecule has 1 fully saturated rings. The van der Waals surface area contributed by atoms with Crippen LogP contribution in [-0.2, 0) is 4.79 Å². The molecule has 1 aliphatic heterocycles. The first kappa shape index (κ1) is 14.8. The van der Waals surface area contributed by atoms with Crippen molar-refractivity contribution in [2.45, 2.75) is 24.3 Å². The number of amides is 1. The van der Waals surface area contributed by atoms with Crippen molar-refractivity contribution in [3.8, 4) is 0 Å². The van der Waals surface area contributed by atoms with Crippen LogP contribution in [0.5, 0.6) is 0 Å². The van der Waals surface area contributed by atoms with Gasteiger partial charge in [-0.15, -0.1) is 0 Å². The van der Waals surface area contributed by atoms with Gasteiger partial charge in [0.2, 0.25) is 5.91 Å². The Morgan fingerprint density at radius 2 is 2.24 bits per heavy atom. The van der Waals surface area contributed by atoms with Crippen molar-refractivity contribution >= 4 is 21.8 Å². The Labute approximate surface area is 107 Å². The van der Waals surface area contributed by atoms with Crippen LogP contribution in [-0.4, -0.2) is 48.0 Å². The number of hydrogen-bond donors (Lipinski definition) is 1. The molecule has 0 aromatic carbocycles. The number of nitrogens with one attached hydrogen (secondary N) is 1. The number of nitrogens with zero attached hydrogens (tertiary/aromatic N) is 1. The van der Waals surface area contributed by atoms with Gasteiger partial charge < -0.3 is 5.32 Å². The molecule has 0 bridgehead atoms. The maximum Gasteiger partial charge on any atom is 0.401 e. The highest BCUT2D eigenvalue weighted by atomic mass is 79.9. The van der Waals surface area contributed by atoms with E-state index in [1.165, 1.54) is 4.90 Å². The first-order valence-corrected chi connectivity index (χ1v) is 6.40. The number of hydrogen-bond acceptors (Lipinski definition) is 2. The maximum atomic E-state index is 12.1. The molecule has 0 aliphatic carbocycles. The van der Waals surface area contributed by atoms with E-state index in [0.717, 1.165) is 0 Å². The Morgan fingerprint density at radius 3 is 2.76 bits per heavy atom. The maximum absolute atomic E-state index is 12.1. The van der Waals surface area contributed by atoms with Gasteiger partial charge in [-0.1, -0.05) is 15.9 Å². The first-order chi connectivity index (χ1) is 7.78. The third kappa shape index (κ3) is 5.72. The topological polar surface area (TPSA) is 32.3 Å². The van der Waals surface area contributed by atoms with Crippen molar-refractivity contribution in [3.05, 3.63) is 0 Å². The summed E-state index contributed by atoms with van der Waals surface area (Å²) in [6, 6.07) is 0. The van der Waals surface area contributed by atoms with E-state index in [4.69, 9.17) is 0 Å². The normalized spacial score (nSPS) is 23.7. The van der Waals surface area contributed by atoms with Crippen molar-refractivity contribution in [1.82, 2.24) is 10.2 Å². The molecule has 1 amide bonds. The summed E-state index contributed by atoms with van der Waals surface area (Å²) in [6.07, 6.45) is -3.43. The zero-order chi connectivity index (χ0) is 13.1. The highest BCUT2D eigenvalue weighted by Gasteiger charge is 2.34. The highest BCUT2D eigenvalue weighted by Crippen LogP contribution is 2.22. The van der Waals surface area contributed by atoms with Gasteiger partial charge in [0, 0.05) is 13.1 Å². The predicted molar refractivity (Wildman–Crippen MR) is 62.0 cm³/mol. The molecule has 17 heavy (non-hydrogen) atoms. The van der Waals surface area contributed by atoms with Crippen molar-refractivity contribution in [1.29, 1.82) is 0 Å². The van der Waals surface area contributed by atoms with Crippen LogP contribution in [0, 0.1) is 5.92 Å². The van der Waals surface area contributed by atoms with Gasteiger partial charge in [-0.2, -0.15) is 13.2 Å². The Balaban J connectivity index is 2.24. The fourth-order valence-corrected chi connectivity index (χ4v) is 2.02. The van der Waals surface area contributed by atoms with Gasteiger partial charge in [0.1, 0.15) is 0 Å². The fourth-order valence-electron chi connectivity index (χ4n) is 1.86. The lowest BCUT2D eigenvalue weighted by Gasteiger charge is -2.18. The minimum atomic E-state index is -4.14. The molecule has 1 aliphatic rings. The predicted octanol–water partition coefficient (Wildman–Crippen LogP) is 1.77. The summed E-state index contributed by atoms with van der Waals surface area (Å²) < 4.78 is 36.4. The third-order valence-electron chi connectivity index (χ3n) is 2.70. The van der Waals surface area contributed by atoms with Gasteiger partial charge in [0.05, 0.1) is 11.4 Å². The molecule has 1 N–H and O–H groups in total. The quantitative estimate of drug-likeness (QED) is 0.802. The Hall–Kier alpha value is -0.300. The number of rotatable bonds is 4. The van der Waals surface area contributed by atoms with Gasteiger partial charge >= 0.3 is 6.18 Å². The molecule has 100 valence electrons. The van der Waals surface area contributed by atoms with Gasteiger partial charge in [-0.25, -0.2) is 0 Å². The minimum Gasteiger partial charge on any atom is -0.355 e. The molecule has 1 rings (SSSR count). The average Bonchev–Trinajstić information content (AvgIpc) is 2.59. The molecule has 2 unspecified atom stereocenters. The van der Waals surface area contributed by atoms with E-state index in [-0.39, 0.29) is 16.7 Å². The van der Waals surface area contributed by atoms with Crippen LogP contribution in [0.15, 0.2) is 0 Å². The van der Waals surface area contributed by atoms with Crippen LogP contribution >= 0.6 is 15.9 Å². The van der Waals surface area contributed by atoms with Crippen molar-refractivity contribution < 1.29 is 18.0 Å². The smallest absolute Gasteiger partial charge is 0.355 e. The summed E-state index contributed by atoms with van der Waals surface area (Å²) in [5.41, 5.74) is 0. The lowest BCUT2D eigenvalue weighted by Crippen LogP contribution is -2.36. The zero-order valence-electron chi connectivity index (χ0n) is 9.56. The fraction of sp³-hybridized carbons (Fsp3) is 0.900. The van der Waals surface area contributed by atoms with Crippen molar-refractivity contribution in [2.75, 3.05) is 26.2 Å². The van der Waals surface area contributed by atoms with E-state index in [1.807, 2.05) is 0 Å². The van der Waals surface area contributed by atoms with Crippen LogP contribution in [0.2, 0.25) is 0 Å². The highest BCUT2D eigenvalue weighted by molar-refractivity contribution is 9.10. The van der Waals surface area contributed by atoms with E-state index in [9.17, 15) is 18.0 Å². The molecule has 1 heterocycles. The second-order valence-electron chi connectivity index (χ2n) is 4.37. The number of carbonyl (C=O) groups is 1. The number of carbonyl (C=O) groups excluding carboxylic acids is 1. The molecule has 0 aromatic rings. The standard InChI is InChI=1S/C10H16BrF3N2O/c1-7(11)9(17)15-4-8-2-3-16(5-8)6-10(12,13)14/h7-8H,2-6H2,1H3,(H,15,17). The van der Waals surface area contributed by atoms with Gasteiger partial charge in [-0.05, 0) is 25.8 Å². The summed E-state index contributed by atoms with van der Waals surface area (Å²) in [4.78, 5) is 12.4. The van der Waals surface area contributed by atoms with Crippen LogP contribution in [0.4, 0.5) is 13.2 Å².